The van der Waals surface area contributed by atoms with Crippen LogP contribution in [0.15, 0.2) is 60.7 Å². The van der Waals surface area contributed by atoms with E-state index in [1.165, 1.54) is 6.08 Å². The van der Waals surface area contributed by atoms with Crippen LogP contribution < -0.4 is 20.9 Å². The third kappa shape index (κ3) is 7.75. The summed E-state index contributed by atoms with van der Waals surface area (Å²) in [5.41, 5.74) is 6.84. The van der Waals surface area contributed by atoms with Crippen molar-refractivity contribution in [2.24, 2.45) is 0 Å². The fourth-order valence-corrected chi connectivity index (χ4v) is 2.62. The van der Waals surface area contributed by atoms with E-state index in [-0.39, 0.29) is 11.7 Å². The van der Waals surface area contributed by atoms with E-state index in [1.54, 1.807) is 6.08 Å². The number of rotatable bonds is 7. The van der Waals surface area contributed by atoms with Crippen LogP contribution >= 0.6 is 12.2 Å². The van der Waals surface area contributed by atoms with Gasteiger partial charge in [0.25, 0.3) is 5.91 Å². The number of hydrogen-bond acceptors (Lipinski definition) is 4. The normalized spacial score (nSPS) is 11.5. The molecule has 0 fully saturated rings. The minimum Gasteiger partial charge on any atom is -0.483 e. The van der Waals surface area contributed by atoms with Crippen molar-refractivity contribution >= 4 is 35.2 Å². The molecule has 1 atom stereocenters. The molecular weight excluding hydrogens is 386 g/mol. The van der Waals surface area contributed by atoms with Crippen molar-refractivity contribution in [1.82, 2.24) is 16.2 Å². The summed E-state index contributed by atoms with van der Waals surface area (Å²) in [7, 11) is 0. The van der Waals surface area contributed by atoms with E-state index in [1.807, 2.05) is 54.6 Å². The molecule has 2 amide bonds. The standard InChI is InChI=1S/C22H25N3O3S/c1-3-16(2)18-11-7-8-12-19(18)28-15-21(27)24-25-22(29)23-20(26)14-13-17-9-5-4-6-10-17/h4-14,16H,3,15H2,1-2H3,(H,24,27)(H2,23,25,26,29). The highest BCUT2D eigenvalue weighted by Gasteiger charge is 2.11. The van der Waals surface area contributed by atoms with Crippen LogP contribution in [0.1, 0.15) is 37.3 Å². The van der Waals surface area contributed by atoms with E-state index in [0.29, 0.717) is 11.7 Å². The zero-order valence-corrected chi connectivity index (χ0v) is 17.3. The number of benzene rings is 2. The van der Waals surface area contributed by atoms with E-state index in [0.717, 1.165) is 17.5 Å². The second kappa shape index (κ2) is 11.6. The molecule has 3 N–H and O–H groups in total. The van der Waals surface area contributed by atoms with Crippen molar-refractivity contribution in [2.75, 3.05) is 6.61 Å². The van der Waals surface area contributed by atoms with Crippen LogP contribution in [0.3, 0.4) is 0 Å². The summed E-state index contributed by atoms with van der Waals surface area (Å²) in [5.74, 6) is 0.192. The van der Waals surface area contributed by atoms with Crippen molar-refractivity contribution in [3.05, 3.63) is 71.8 Å². The number of nitrogens with one attached hydrogen (secondary N) is 3. The molecule has 6 nitrogen and oxygen atoms in total. The molecule has 0 heterocycles. The minimum absolute atomic E-state index is 0.0129. The second-order valence-electron chi connectivity index (χ2n) is 6.37. The van der Waals surface area contributed by atoms with E-state index < -0.39 is 11.8 Å². The zero-order chi connectivity index (χ0) is 21.1. The van der Waals surface area contributed by atoms with E-state index in [9.17, 15) is 9.59 Å². The van der Waals surface area contributed by atoms with Gasteiger partial charge < -0.3 is 4.74 Å². The lowest BCUT2D eigenvalue weighted by Gasteiger charge is -2.16. The highest BCUT2D eigenvalue weighted by Crippen LogP contribution is 2.28. The van der Waals surface area contributed by atoms with Gasteiger partial charge in [-0.3, -0.25) is 25.8 Å². The van der Waals surface area contributed by atoms with E-state index >= 15 is 0 Å². The van der Waals surface area contributed by atoms with Crippen LogP contribution in [0.2, 0.25) is 0 Å². The first-order chi connectivity index (χ1) is 14.0. The van der Waals surface area contributed by atoms with Crippen molar-refractivity contribution in [3.63, 3.8) is 0 Å². The maximum atomic E-state index is 12.0. The molecule has 2 rings (SSSR count). The smallest absolute Gasteiger partial charge is 0.276 e. The van der Waals surface area contributed by atoms with Gasteiger partial charge in [-0.2, -0.15) is 0 Å². The second-order valence-corrected chi connectivity index (χ2v) is 6.78. The molecule has 0 spiro atoms. The van der Waals surface area contributed by atoms with Gasteiger partial charge in [0, 0.05) is 6.08 Å². The van der Waals surface area contributed by atoms with Gasteiger partial charge in [-0.15, -0.1) is 0 Å². The van der Waals surface area contributed by atoms with Gasteiger partial charge in [0.15, 0.2) is 11.7 Å². The molecule has 1 unspecified atom stereocenters. The van der Waals surface area contributed by atoms with Crippen molar-refractivity contribution in [2.45, 2.75) is 26.2 Å². The Bertz CT molecular complexity index is 869. The molecule has 0 saturated heterocycles. The number of hydrazine groups is 1. The number of carbonyl (C=O) groups is 2. The van der Waals surface area contributed by atoms with Gasteiger partial charge in [-0.25, -0.2) is 0 Å². The Balaban J connectivity index is 1.74. The van der Waals surface area contributed by atoms with Gasteiger partial charge in [0.2, 0.25) is 5.91 Å². The van der Waals surface area contributed by atoms with Crippen LogP contribution in [-0.2, 0) is 9.59 Å². The SMILES string of the molecule is CCC(C)c1ccccc1OCC(=O)NNC(=S)NC(=O)C=Cc1ccccc1. The highest BCUT2D eigenvalue weighted by molar-refractivity contribution is 7.80. The lowest BCUT2D eigenvalue weighted by atomic mass is 9.98. The Morgan fingerprint density at radius 1 is 1.07 bits per heavy atom. The number of ether oxygens (including phenoxy) is 1. The summed E-state index contributed by atoms with van der Waals surface area (Å²) >= 11 is 5.00. The molecule has 0 aliphatic carbocycles. The first kappa shape index (κ1) is 22.1. The van der Waals surface area contributed by atoms with Gasteiger partial charge >= 0.3 is 0 Å². The molecule has 29 heavy (non-hydrogen) atoms. The summed E-state index contributed by atoms with van der Waals surface area (Å²) in [6, 6.07) is 17.0. The molecule has 0 bridgehead atoms. The molecule has 2 aromatic carbocycles. The third-order valence-electron chi connectivity index (χ3n) is 4.20. The molecule has 0 aliphatic heterocycles. The molecule has 152 valence electrons. The predicted octanol–water partition coefficient (Wildman–Crippen LogP) is 3.31. The van der Waals surface area contributed by atoms with Gasteiger partial charge in [-0.1, -0.05) is 62.4 Å². The summed E-state index contributed by atoms with van der Waals surface area (Å²) < 4.78 is 5.63. The number of hydrogen-bond donors (Lipinski definition) is 3. The Labute approximate surface area is 176 Å². The number of amides is 2. The third-order valence-corrected chi connectivity index (χ3v) is 4.40. The number of thiocarbonyl (C=S) groups is 1. The minimum atomic E-state index is -0.416. The topological polar surface area (TPSA) is 79.5 Å². The molecule has 0 aliphatic rings. The number of para-hydroxylation sites is 1. The lowest BCUT2D eigenvalue weighted by molar-refractivity contribution is -0.123. The molecule has 2 aromatic rings. The molecule has 0 aromatic heterocycles. The largest absolute Gasteiger partial charge is 0.483 e. The van der Waals surface area contributed by atoms with Crippen LogP contribution in [0, 0.1) is 0 Å². The van der Waals surface area contributed by atoms with Gasteiger partial charge in [0.1, 0.15) is 5.75 Å². The average Bonchev–Trinajstić information content (AvgIpc) is 2.75. The van der Waals surface area contributed by atoms with Crippen molar-refractivity contribution in [3.8, 4) is 5.75 Å². The monoisotopic (exact) mass is 411 g/mol. The van der Waals surface area contributed by atoms with Gasteiger partial charge in [-0.05, 0) is 47.8 Å². The van der Waals surface area contributed by atoms with Crippen LogP contribution in [0.5, 0.6) is 5.75 Å². The van der Waals surface area contributed by atoms with Crippen molar-refractivity contribution < 1.29 is 14.3 Å². The Kier molecular flexibility index (Phi) is 8.85. The van der Waals surface area contributed by atoms with E-state index in [4.69, 9.17) is 17.0 Å². The lowest BCUT2D eigenvalue weighted by Crippen LogP contribution is -2.49. The Morgan fingerprint density at radius 3 is 2.48 bits per heavy atom. The maximum Gasteiger partial charge on any atom is 0.276 e. The number of carbonyl (C=O) groups excluding carboxylic acids is 2. The fourth-order valence-electron chi connectivity index (χ4n) is 2.47. The van der Waals surface area contributed by atoms with Crippen molar-refractivity contribution in [1.29, 1.82) is 0 Å². The average molecular weight is 412 g/mol. The maximum absolute atomic E-state index is 12.0. The first-order valence-electron chi connectivity index (χ1n) is 9.34. The zero-order valence-electron chi connectivity index (χ0n) is 16.5. The molecular formula is C22H25N3O3S. The van der Waals surface area contributed by atoms with Crippen LogP contribution in [0.25, 0.3) is 6.08 Å². The molecule has 7 heteroatoms. The quantitative estimate of drug-likeness (QED) is 0.370. The summed E-state index contributed by atoms with van der Waals surface area (Å²) in [6.45, 7) is 4.03. The fraction of sp³-hybridized carbons (Fsp3) is 0.227. The first-order valence-corrected chi connectivity index (χ1v) is 9.75. The van der Waals surface area contributed by atoms with E-state index in [2.05, 4.69) is 30.0 Å². The van der Waals surface area contributed by atoms with Gasteiger partial charge in [0.05, 0.1) is 0 Å². The molecule has 0 saturated carbocycles. The highest BCUT2D eigenvalue weighted by atomic mass is 32.1. The van der Waals surface area contributed by atoms with Crippen LogP contribution in [0.4, 0.5) is 0 Å². The summed E-state index contributed by atoms with van der Waals surface area (Å²) in [4.78, 5) is 23.8. The Hall–Kier alpha value is -3.19. The Morgan fingerprint density at radius 2 is 1.76 bits per heavy atom. The van der Waals surface area contributed by atoms with Crippen LogP contribution in [-0.4, -0.2) is 23.5 Å². The molecule has 0 radical (unpaired) electrons. The predicted molar refractivity (Wildman–Crippen MR) is 118 cm³/mol. The summed E-state index contributed by atoms with van der Waals surface area (Å²) in [6.07, 6.45) is 4.00. The summed E-state index contributed by atoms with van der Waals surface area (Å²) in [5, 5.41) is 2.44.